The van der Waals surface area contributed by atoms with E-state index in [-0.39, 0.29) is 29.4 Å². The number of rotatable bonds is 4. The number of amides is 2. The average molecular weight is 249 g/mol. The molecule has 2 N–H and O–H groups in total. The molecule has 2 heterocycles. The summed E-state index contributed by atoms with van der Waals surface area (Å²) in [7, 11) is 0. The number of carbonyl (C=O) groups is 2. The van der Waals surface area contributed by atoms with E-state index in [0.29, 0.717) is 6.54 Å². The third kappa shape index (κ3) is 2.58. The summed E-state index contributed by atoms with van der Waals surface area (Å²) in [5, 5.41) is 6.41. The molecule has 1 aromatic rings. The fraction of sp³-hybridized carbons (Fsp3) is 0.417. The Hall–Kier alpha value is -2.11. The maximum atomic E-state index is 11.7. The summed E-state index contributed by atoms with van der Waals surface area (Å²) in [5.74, 6) is 0.212. The Labute approximate surface area is 104 Å². The van der Waals surface area contributed by atoms with Gasteiger partial charge in [0.25, 0.3) is 5.91 Å². The van der Waals surface area contributed by atoms with Gasteiger partial charge < -0.3 is 9.73 Å². The van der Waals surface area contributed by atoms with Crippen molar-refractivity contribution in [2.24, 2.45) is 5.10 Å². The molecule has 1 aliphatic rings. The summed E-state index contributed by atoms with van der Waals surface area (Å²) in [4.78, 5) is 22.7. The van der Waals surface area contributed by atoms with Crippen LogP contribution in [0.1, 0.15) is 26.0 Å². The van der Waals surface area contributed by atoms with Gasteiger partial charge in [0.05, 0.1) is 12.7 Å². The van der Waals surface area contributed by atoms with Crippen LogP contribution in [-0.2, 0) is 15.0 Å². The van der Waals surface area contributed by atoms with E-state index in [9.17, 15) is 9.59 Å². The maximum absolute atomic E-state index is 11.7. The van der Waals surface area contributed by atoms with Gasteiger partial charge in [0.2, 0.25) is 5.91 Å². The van der Waals surface area contributed by atoms with Crippen molar-refractivity contribution >= 4 is 17.5 Å². The number of hydrogen-bond acceptors (Lipinski definition) is 4. The summed E-state index contributed by atoms with van der Waals surface area (Å²) < 4.78 is 5.33. The molecule has 96 valence electrons. The molecule has 6 nitrogen and oxygen atoms in total. The lowest BCUT2D eigenvalue weighted by molar-refractivity contribution is -0.120. The Morgan fingerprint density at radius 2 is 2.39 bits per heavy atom. The van der Waals surface area contributed by atoms with Crippen LogP contribution in [0.15, 0.2) is 27.9 Å². The molecule has 6 heteroatoms. The van der Waals surface area contributed by atoms with Crippen molar-refractivity contribution in [3.05, 3.63) is 24.2 Å². The van der Waals surface area contributed by atoms with Crippen molar-refractivity contribution in [3.8, 4) is 0 Å². The molecule has 2 rings (SSSR count). The first-order chi connectivity index (χ1) is 8.49. The van der Waals surface area contributed by atoms with Gasteiger partial charge >= 0.3 is 0 Å². The van der Waals surface area contributed by atoms with Gasteiger partial charge in [-0.25, -0.2) is 5.43 Å². The number of hydrogen-bond donors (Lipinski definition) is 2. The highest BCUT2D eigenvalue weighted by molar-refractivity contribution is 6.43. The van der Waals surface area contributed by atoms with E-state index in [2.05, 4.69) is 15.8 Å². The summed E-state index contributed by atoms with van der Waals surface area (Å²) >= 11 is 0. The van der Waals surface area contributed by atoms with Crippen molar-refractivity contribution < 1.29 is 14.0 Å². The second-order valence-corrected chi connectivity index (χ2v) is 4.81. The van der Waals surface area contributed by atoms with Crippen LogP contribution in [0.5, 0.6) is 0 Å². The predicted molar refractivity (Wildman–Crippen MR) is 64.9 cm³/mol. The third-order valence-corrected chi connectivity index (χ3v) is 2.78. The molecule has 1 aromatic heterocycles. The van der Waals surface area contributed by atoms with Crippen molar-refractivity contribution in [1.82, 2.24) is 10.7 Å². The number of carbonyl (C=O) groups excluding carboxylic acids is 2. The van der Waals surface area contributed by atoms with E-state index in [4.69, 9.17) is 4.42 Å². The van der Waals surface area contributed by atoms with Gasteiger partial charge in [-0.1, -0.05) is 13.8 Å². The number of nitrogens with one attached hydrogen (secondary N) is 2. The van der Waals surface area contributed by atoms with E-state index in [1.807, 2.05) is 26.0 Å². The first-order valence-electron chi connectivity index (χ1n) is 5.66. The van der Waals surface area contributed by atoms with Crippen LogP contribution in [0.4, 0.5) is 0 Å². The summed E-state index contributed by atoms with van der Waals surface area (Å²) in [6, 6.07) is 3.67. The van der Waals surface area contributed by atoms with Gasteiger partial charge in [-0.2, -0.15) is 5.10 Å². The minimum absolute atomic E-state index is 0.0347. The first kappa shape index (κ1) is 12.3. The van der Waals surface area contributed by atoms with Crippen LogP contribution in [0.2, 0.25) is 0 Å². The molecule has 0 atom stereocenters. The molecule has 0 bridgehead atoms. The van der Waals surface area contributed by atoms with Crippen LogP contribution in [-0.4, -0.2) is 24.1 Å². The molecule has 1 aliphatic heterocycles. The van der Waals surface area contributed by atoms with E-state index in [1.54, 1.807) is 6.26 Å². The Morgan fingerprint density at radius 1 is 1.61 bits per heavy atom. The van der Waals surface area contributed by atoms with E-state index in [1.165, 1.54) is 0 Å². The lowest BCUT2D eigenvalue weighted by Crippen LogP contribution is -2.39. The van der Waals surface area contributed by atoms with Crippen LogP contribution in [0.3, 0.4) is 0 Å². The van der Waals surface area contributed by atoms with Gasteiger partial charge in [-0.3, -0.25) is 9.59 Å². The SMILES string of the molecule is CC(C)(CNC(=O)C1=NNC(=O)C1)c1ccco1. The Balaban J connectivity index is 1.92. The zero-order chi connectivity index (χ0) is 13.2. The van der Waals surface area contributed by atoms with Gasteiger partial charge in [0.1, 0.15) is 11.5 Å². The van der Waals surface area contributed by atoms with Gasteiger partial charge in [0.15, 0.2) is 0 Å². The van der Waals surface area contributed by atoms with Crippen LogP contribution in [0, 0.1) is 0 Å². The molecular weight excluding hydrogens is 234 g/mol. The highest BCUT2D eigenvalue weighted by Gasteiger charge is 2.27. The molecule has 0 aliphatic carbocycles. The van der Waals surface area contributed by atoms with Crippen molar-refractivity contribution in [1.29, 1.82) is 0 Å². The summed E-state index contributed by atoms with van der Waals surface area (Å²) in [5.41, 5.74) is 2.15. The molecule has 0 unspecified atom stereocenters. The quantitative estimate of drug-likeness (QED) is 0.817. The lowest BCUT2D eigenvalue weighted by Gasteiger charge is -2.22. The molecule has 2 amide bonds. The zero-order valence-corrected chi connectivity index (χ0v) is 10.3. The molecule has 0 saturated carbocycles. The maximum Gasteiger partial charge on any atom is 0.268 e. The summed E-state index contributed by atoms with van der Waals surface area (Å²) in [6.45, 7) is 4.34. The zero-order valence-electron chi connectivity index (χ0n) is 10.3. The Morgan fingerprint density at radius 3 is 2.94 bits per heavy atom. The van der Waals surface area contributed by atoms with Crippen LogP contribution in [0.25, 0.3) is 0 Å². The van der Waals surface area contributed by atoms with Crippen LogP contribution < -0.4 is 10.7 Å². The van der Waals surface area contributed by atoms with Crippen molar-refractivity contribution in [2.45, 2.75) is 25.7 Å². The Kier molecular flexibility index (Phi) is 3.18. The summed E-state index contributed by atoms with van der Waals surface area (Å²) in [6.07, 6.45) is 1.63. The number of nitrogens with zero attached hydrogens (tertiary/aromatic N) is 1. The topological polar surface area (TPSA) is 83.7 Å². The van der Waals surface area contributed by atoms with Gasteiger partial charge in [-0.15, -0.1) is 0 Å². The third-order valence-electron chi connectivity index (χ3n) is 2.78. The molecule has 18 heavy (non-hydrogen) atoms. The fourth-order valence-corrected chi connectivity index (χ4v) is 1.65. The minimum atomic E-state index is -0.326. The highest BCUT2D eigenvalue weighted by atomic mass is 16.3. The second kappa shape index (κ2) is 4.64. The Bertz CT molecular complexity index is 489. The monoisotopic (exact) mass is 249 g/mol. The number of furan rings is 1. The van der Waals surface area contributed by atoms with E-state index < -0.39 is 0 Å². The van der Waals surface area contributed by atoms with Gasteiger partial charge in [-0.05, 0) is 12.1 Å². The lowest BCUT2D eigenvalue weighted by atomic mass is 9.90. The fourth-order valence-electron chi connectivity index (χ4n) is 1.65. The molecule has 0 aromatic carbocycles. The molecule has 0 fully saturated rings. The van der Waals surface area contributed by atoms with Crippen molar-refractivity contribution in [3.63, 3.8) is 0 Å². The van der Waals surface area contributed by atoms with Crippen LogP contribution >= 0.6 is 0 Å². The van der Waals surface area contributed by atoms with E-state index in [0.717, 1.165) is 5.76 Å². The molecule has 0 spiro atoms. The molecular formula is C12H15N3O3. The highest BCUT2D eigenvalue weighted by Crippen LogP contribution is 2.22. The first-order valence-corrected chi connectivity index (χ1v) is 5.66. The number of hydrazone groups is 1. The predicted octanol–water partition coefficient (Wildman–Crippen LogP) is 0.549. The van der Waals surface area contributed by atoms with Gasteiger partial charge in [0, 0.05) is 12.0 Å². The molecule has 0 saturated heterocycles. The smallest absolute Gasteiger partial charge is 0.268 e. The van der Waals surface area contributed by atoms with Crippen molar-refractivity contribution in [2.75, 3.05) is 6.54 Å². The minimum Gasteiger partial charge on any atom is -0.469 e. The second-order valence-electron chi connectivity index (χ2n) is 4.81. The standard InChI is InChI=1S/C12H15N3O3/c1-12(2,9-4-3-5-18-9)7-13-11(17)8-6-10(16)15-14-8/h3-5H,6-7H2,1-2H3,(H,13,17)(H,15,16). The molecule has 0 radical (unpaired) electrons. The average Bonchev–Trinajstić information content (AvgIpc) is 2.96. The normalized spacial score (nSPS) is 15.2. The largest absolute Gasteiger partial charge is 0.469 e. The van der Waals surface area contributed by atoms with E-state index >= 15 is 0 Å².